The highest BCUT2D eigenvalue weighted by atomic mass is 32.2. The van der Waals surface area contributed by atoms with Gasteiger partial charge in [0.2, 0.25) is 0 Å². The minimum atomic E-state index is 0.428. The molecule has 0 amide bonds. The van der Waals surface area contributed by atoms with Gasteiger partial charge < -0.3 is 16.4 Å². The van der Waals surface area contributed by atoms with Gasteiger partial charge in [-0.15, -0.1) is 11.8 Å². The summed E-state index contributed by atoms with van der Waals surface area (Å²) in [4.78, 5) is 9.30. The zero-order valence-corrected chi connectivity index (χ0v) is 20.1. The van der Waals surface area contributed by atoms with Crippen molar-refractivity contribution in [3.8, 4) is 0 Å². The highest BCUT2D eigenvalue weighted by molar-refractivity contribution is 8.13. The number of nitrogens with two attached hydrogens (primary N) is 1. The lowest BCUT2D eigenvalue weighted by atomic mass is 9.93. The van der Waals surface area contributed by atoms with Gasteiger partial charge in [0, 0.05) is 34.6 Å². The van der Waals surface area contributed by atoms with Crippen molar-refractivity contribution in [1.82, 2.24) is 9.97 Å². The van der Waals surface area contributed by atoms with Crippen LogP contribution in [0.25, 0.3) is 0 Å². The van der Waals surface area contributed by atoms with Crippen LogP contribution in [0.2, 0.25) is 0 Å². The predicted octanol–water partition coefficient (Wildman–Crippen LogP) is 5.03. The Morgan fingerprint density at radius 3 is 1.77 bits per heavy atom. The van der Waals surface area contributed by atoms with Crippen LogP contribution in [-0.2, 0) is 0 Å². The zero-order chi connectivity index (χ0) is 22.4. The number of pyridine rings is 2. The molecule has 2 aliphatic rings. The highest BCUT2D eigenvalue weighted by Crippen LogP contribution is 2.24. The maximum absolute atomic E-state index is 7.82. The van der Waals surface area contributed by atoms with Crippen LogP contribution in [0.5, 0.6) is 0 Å². The number of nitrogens with one attached hydrogen (secondary N) is 3. The molecule has 0 aliphatic heterocycles. The van der Waals surface area contributed by atoms with E-state index in [1.807, 2.05) is 44.4 Å². The summed E-state index contributed by atoms with van der Waals surface area (Å²) in [7, 11) is 0. The molecule has 2 saturated carbocycles. The van der Waals surface area contributed by atoms with Crippen molar-refractivity contribution in [2.45, 2.75) is 64.5 Å². The van der Waals surface area contributed by atoms with Gasteiger partial charge in [-0.3, -0.25) is 5.41 Å². The topological polar surface area (TPSA) is 99.7 Å². The molecule has 31 heavy (non-hydrogen) atoms. The molecule has 0 radical (unpaired) electrons. The van der Waals surface area contributed by atoms with Gasteiger partial charge in [-0.2, -0.15) is 0 Å². The summed E-state index contributed by atoms with van der Waals surface area (Å²) in [6, 6.07) is 8.95. The molecule has 2 aromatic rings. The molecule has 0 saturated heterocycles. The Bertz CT molecular complexity index is 938. The molecule has 2 fully saturated rings. The molecule has 8 heteroatoms. The third-order valence-electron chi connectivity index (χ3n) is 5.57. The first-order chi connectivity index (χ1) is 14.8. The largest absolute Gasteiger partial charge is 0.389 e. The van der Waals surface area contributed by atoms with Gasteiger partial charge in [0.15, 0.2) is 0 Å². The minimum Gasteiger partial charge on any atom is -0.389 e. The average Bonchev–Trinajstić information content (AvgIpc) is 2.66. The Hall–Kier alpha value is -2.19. The summed E-state index contributed by atoms with van der Waals surface area (Å²) in [5.41, 5.74) is 9.37. The molecule has 0 spiro atoms. The quantitative estimate of drug-likeness (QED) is 0.275. The first kappa shape index (κ1) is 23.5. The Labute approximate surface area is 194 Å². The number of aryl methyl sites for hydroxylation is 2. The summed E-state index contributed by atoms with van der Waals surface area (Å²) in [5.74, 6) is 1.81. The van der Waals surface area contributed by atoms with Crippen molar-refractivity contribution in [3.05, 3.63) is 46.8 Å². The molecule has 0 unspecified atom stereocenters. The second kappa shape index (κ2) is 10.9. The van der Waals surface area contributed by atoms with Crippen molar-refractivity contribution in [1.29, 1.82) is 5.41 Å². The molecule has 0 atom stereocenters. The lowest BCUT2D eigenvalue weighted by molar-refractivity contribution is 0.444. The summed E-state index contributed by atoms with van der Waals surface area (Å²) in [6.07, 6.45) is 9.51. The molecule has 0 bridgehead atoms. The molecule has 166 valence electrons. The van der Waals surface area contributed by atoms with Crippen molar-refractivity contribution in [2.75, 3.05) is 16.9 Å². The lowest BCUT2D eigenvalue weighted by Crippen LogP contribution is -2.27. The van der Waals surface area contributed by atoms with Gasteiger partial charge in [0.05, 0.1) is 5.04 Å². The van der Waals surface area contributed by atoms with Gasteiger partial charge in [-0.05, 0) is 82.9 Å². The van der Waals surface area contributed by atoms with E-state index >= 15 is 0 Å². The number of hydrogen-bond donors (Lipinski definition) is 4. The Balaban J connectivity index is 0.000000176. The van der Waals surface area contributed by atoms with E-state index in [0.29, 0.717) is 22.1 Å². The molecular formula is C23H32N6S2. The first-order valence-electron chi connectivity index (χ1n) is 10.8. The van der Waals surface area contributed by atoms with E-state index in [4.69, 9.17) is 23.4 Å². The molecule has 5 N–H and O–H groups in total. The van der Waals surface area contributed by atoms with Crippen LogP contribution >= 0.6 is 24.0 Å². The highest BCUT2D eigenvalue weighted by Gasteiger charge is 2.18. The Morgan fingerprint density at radius 1 is 0.935 bits per heavy atom. The maximum Gasteiger partial charge on any atom is 0.127 e. The SMILES string of the molecule is CSC(=N)c1cc(C)nc(NC2CCC2)c1.Cc1cc(C(N)=S)cc(NC2CCC2)n1. The van der Waals surface area contributed by atoms with E-state index in [2.05, 4.69) is 20.6 Å². The predicted molar refractivity (Wildman–Crippen MR) is 137 cm³/mol. The van der Waals surface area contributed by atoms with Crippen LogP contribution in [0.3, 0.4) is 0 Å². The first-order valence-corrected chi connectivity index (χ1v) is 12.4. The van der Waals surface area contributed by atoms with Crippen molar-refractivity contribution < 1.29 is 0 Å². The van der Waals surface area contributed by atoms with Gasteiger partial charge in [-0.25, -0.2) is 9.97 Å². The summed E-state index contributed by atoms with van der Waals surface area (Å²) in [5, 5.41) is 15.2. The van der Waals surface area contributed by atoms with Crippen LogP contribution < -0.4 is 16.4 Å². The number of hydrogen-bond acceptors (Lipinski definition) is 7. The van der Waals surface area contributed by atoms with Gasteiger partial charge in [-0.1, -0.05) is 12.2 Å². The molecule has 6 nitrogen and oxygen atoms in total. The van der Waals surface area contributed by atoms with Crippen molar-refractivity contribution in [3.63, 3.8) is 0 Å². The van der Waals surface area contributed by atoms with E-state index < -0.39 is 0 Å². The number of nitrogens with zero attached hydrogens (tertiary/aromatic N) is 2. The van der Waals surface area contributed by atoms with Crippen LogP contribution in [0.1, 0.15) is 61.0 Å². The fourth-order valence-electron chi connectivity index (χ4n) is 3.40. The molecule has 4 rings (SSSR count). The third-order valence-corrected chi connectivity index (χ3v) is 6.45. The second-order valence-corrected chi connectivity index (χ2v) is 9.46. The number of thiocarbonyl (C=S) groups is 1. The standard InChI is InChI=1S/C12H17N3S.C11H15N3S/c1-8-6-9(12(13)16-2)7-11(14-8)15-10-4-3-5-10;1-7-5-8(11(12)15)6-10(13-7)14-9-3-2-4-9/h6-7,10,13H,3-5H2,1-2H3,(H,14,15);5-6,9H,2-4H2,1H3,(H2,12,15)(H,13,14). The van der Waals surface area contributed by atoms with Gasteiger partial charge >= 0.3 is 0 Å². The zero-order valence-electron chi connectivity index (χ0n) is 18.5. The van der Waals surface area contributed by atoms with E-state index in [-0.39, 0.29) is 0 Å². The Morgan fingerprint density at radius 2 is 1.39 bits per heavy atom. The number of anilines is 2. The lowest BCUT2D eigenvalue weighted by Gasteiger charge is -2.27. The maximum atomic E-state index is 7.82. The fraction of sp³-hybridized carbons (Fsp3) is 0.478. The van der Waals surface area contributed by atoms with Crippen LogP contribution in [0, 0.1) is 19.3 Å². The van der Waals surface area contributed by atoms with Crippen LogP contribution in [-0.4, -0.2) is 38.3 Å². The minimum absolute atomic E-state index is 0.428. The van der Waals surface area contributed by atoms with E-state index in [9.17, 15) is 0 Å². The molecular weight excluding hydrogens is 424 g/mol. The molecule has 2 aromatic heterocycles. The fourth-order valence-corrected chi connectivity index (χ4v) is 3.87. The molecule has 0 aromatic carbocycles. The summed E-state index contributed by atoms with van der Waals surface area (Å²) in [6.45, 7) is 3.93. The van der Waals surface area contributed by atoms with E-state index in [1.54, 1.807) is 0 Å². The summed E-state index contributed by atoms with van der Waals surface area (Å²) >= 11 is 6.42. The van der Waals surface area contributed by atoms with Crippen molar-refractivity contribution in [2.24, 2.45) is 5.73 Å². The number of rotatable bonds is 6. The third kappa shape index (κ3) is 6.90. The smallest absolute Gasteiger partial charge is 0.127 e. The normalized spacial score (nSPS) is 15.7. The van der Waals surface area contributed by atoms with Crippen LogP contribution in [0.15, 0.2) is 24.3 Å². The number of aromatic nitrogens is 2. The number of thioether (sulfide) groups is 1. The van der Waals surface area contributed by atoms with Gasteiger partial charge in [0.1, 0.15) is 16.6 Å². The van der Waals surface area contributed by atoms with Crippen LogP contribution in [0.4, 0.5) is 11.6 Å². The monoisotopic (exact) mass is 456 g/mol. The molecule has 2 heterocycles. The summed E-state index contributed by atoms with van der Waals surface area (Å²) < 4.78 is 0. The second-order valence-electron chi connectivity index (χ2n) is 8.21. The Kier molecular flexibility index (Phi) is 8.26. The van der Waals surface area contributed by atoms with E-state index in [1.165, 1.54) is 50.3 Å². The van der Waals surface area contributed by atoms with Gasteiger partial charge in [0.25, 0.3) is 0 Å². The average molecular weight is 457 g/mol. The van der Waals surface area contributed by atoms with E-state index in [0.717, 1.165) is 34.2 Å². The molecule has 2 aliphatic carbocycles. The van der Waals surface area contributed by atoms with Crippen molar-refractivity contribution >= 4 is 45.6 Å².